The Morgan fingerprint density at radius 3 is 2.32 bits per heavy atom. The van der Waals surface area contributed by atoms with Crippen molar-refractivity contribution in [3.8, 4) is 5.75 Å². The molecule has 0 unspecified atom stereocenters. The Morgan fingerprint density at radius 2 is 1.73 bits per heavy atom. The molecule has 0 saturated heterocycles. The number of rotatable bonds is 4. The van der Waals surface area contributed by atoms with Gasteiger partial charge in [-0.2, -0.15) is 5.10 Å². The van der Waals surface area contributed by atoms with Crippen molar-refractivity contribution >= 4 is 29.7 Å². The predicted molar refractivity (Wildman–Crippen MR) is 84.3 cm³/mol. The number of carbonyl (C=O) groups is 2. The normalized spacial score (nSPS) is 10.5. The molecule has 0 aliphatic rings. The topological polar surface area (TPSA) is 67.8 Å². The fraction of sp³-hybridized carbons (Fsp3) is 0.0625. The highest BCUT2D eigenvalue weighted by Crippen LogP contribution is 2.11. The highest BCUT2D eigenvalue weighted by Gasteiger charge is 2.03. The third kappa shape index (κ3) is 4.71. The van der Waals surface area contributed by atoms with Crippen LogP contribution in [0.2, 0.25) is 5.02 Å². The number of hydrogen-bond donors (Lipinski definition) is 1. The minimum absolute atomic E-state index is 0.329. The number of hydrazone groups is 1. The monoisotopic (exact) mass is 316 g/mol. The lowest BCUT2D eigenvalue weighted by Gasteiger charge is -2.01. The molecule has 5 nitrogen and oxygen atoms in total. The Labute approximate surface area is 132 Å². The second-order valence-electron chi connectivity index (χ2n) is 4.37. The van der Waals surface area contributed by atoms with E-state index in [9.17, 15) is 9.59 Å². The molecule has 0 saturated carbocycles. The lowest BCUT2D eigenvalue weighted by Crippen LogP contribution is -2.17. The van der Waals surface area contributed by atoms with Gasteiger partial charge in [0, 0.05) is 17.5 Å². The van der Waals surface area contributed by atoms with Crippen LogP contribution in [0.1, 0.15) is 22.8 Å². The number of benzene rings is 2. The van der Waals surface area contributed by atoms with Crippen LogP contribution in [0.5, 0.6) is 5.75 Å². The van der Waals surface area contributed by atoms with E-state index >= 15 is 0 Å². The molecule has 0 aliphatic heterocycles. The molecule has 1 N–H and O–H groups in total. The molecule has 0 radical (unpaired) electrons. The first-order valence-corrected chi connectivity index (χ1v) is 6.80. The number of esters is 1. The van der Waals surface area contributed by atoms with Crippen LogP contribution in [0.15, 0.2) is 53.6 Å². The van der Waals surface area contributed by atoms with Crippen molar-refractivity contribution in [2.24, 2.45) is 5.10 Å². The average Bonchev–Trinajstić information content (AvgIpc) is 2.49. The van der Waals surface area contributed by atoms with E-state index < -0.39 is 0 Å². The summed E-state index contributed by atoms with van der Waals surface area (Å²) < 4.78 is 4.92. The van der Waals surface area contributed by atoms with Crippen LogP contribution in [-0.2, 0) is 4.79 Å². The van der Waals surface area contributed by atoms with Gasteiger partial charge in [-0.05, 0) is 54.1 Å². The van der Waals surface area contributed by atoms with E-state index in [0.29, 0.717) is 16.3 Å². The van der Waals surface area contributed by atoms with Gasteiger partial charge in [-0.1, -0.05) is 11.6 Å². The number of nitrogens with zero attached hydrogens (tertiary/aromatic N) is 1. The van der Waals surface area contributed by atoms with E-state index in [1.165, 1.54) is 13.1 Å². The second-order valence-corrected chi connectivity index (χ2v) is 4.81. The summed E-state index contributed by atoms with van der Waals surface area (Å²) in [5.74, 6) is -0.254. The molecule has 2 aromatic carbocycles. The molecule has 0 aromatic heterocycles. The van der Waals surface area contributed by atoms with E-state index in [-0.39, 0.29) is 11.9 Å². The number of carbonyl (C=O) groups excluding carboxylic acids is 2. The molecular weight excluding hydrogens is 304 g/mol. The fourth-order valence-electron chi connectivity index (χ4n) is 1.62. The van der Waals surface area contributed by atoms with Crippen molar-refractivity contribution in [3.63, 3.8) is 0 Å². The Morgan fingerprint density at radius 1 is 1.09 bits per heavy atom. The third-order valence-corrected chi connectivity index (χ3v) is 2.88. The maximum absolute atomic E-state index is 11.8. The van der Waals surface area contributed by atoms with Gasteiger partial charge < -0.3 is 4.74 Å². The summed E-state index contributed by atoms with van der Waals surface area (Å²) in [5, 5.41) is 4.43. The minimum atomic E-state index is -0.378. The predicted octanol–water partition coefficient (Wildman–Crippen LogP) is 3.03. The van der Waals surface area contributed by atoms with Crippen molar-refractivity contribution in [2.45, 2.75) is 6.92 Å². The van der Waals surface area contributed by atoms with Crippen LogP contribution in [0.3, 0.4) is 0 Å². The van der Waals surface area contributed by atoms with Crippen LogP contribution in [0.4, 0.5) is 0 Å². The van der Waals surface area contributed by atoms with Gasteiger partial charge >= 0.3 is 5.97 Å². The molecule has 6 heteroatoms. The van der Waals surface area contributed by atoms with Gasteiger partial charge in [0.15, 0.2) is 0 Å². The summed E-state index contributed by atoms with van der Waals surface area (Å²) >= 11 is 5.75. The molecule has 0 bridgehead atoms. The average molecular weight is 317 g/mol. The zero-order chi connectivity index (χ0) is 15.9. The quantitative estimate of drug-likeness (QED) is 0.408. The molecule has 22 heavy (non-hydrogen) atoms. The zero-order valence-corrected chi connectivity index (χ0v) is 12.5. The molecule has 2 aromatic rings. The Bertz CT molecular complexity index is 694. The van der Waals surface area contributed by atoms with Gasteiger partial charge in [0.05, 0.1) is 6.21 Å². The summed E-state index contributed by atoms with van der Waals surface area (Å²) in [7, 11) is 0. The highest BCUT2D eigenvalue weighted by atomic mass is 35.5. The number of halogens is 1. The molecule has 0 fully saturated rings. The van der Waals surface area contributed by atoms with Crippen LogP contribution in [0.25, 0.3) is 0 Å². The maximum atomic E-state index is 11.8. The van der Waals surface area contributed by atoms with E-state index in [1.807, 2.05) is 0 Å². The van der Waals surface area contributed by atoms with E-state index in [2.05, 4.69) is 10.5 Å². The van der Waals surface area contributed by atoms with E-state index in [0.717, 1.165) is 5.56 Å². The van der Waals surface area contributed by atoms with Gasteiger partial charge in [-0.15, -0.1) is 0 Å². The number of nitrogens with one attached hydrogen (secondary N) is 1. The van der Waals surface area contributed by atoms with E-state index in [1.54, 1.807) is 48.5 Å². The second kappa shape index (κ2) is 7.38. The zero-order valence-electron chi connectivity index (χ0n) is 11.7. The molecular formula is C16H13ClN2O3. The van der Waals surface area contributed by atoms with Crippen molar-refractivity contribution in [1.29, 1.82) is 0 Å². The molecule has 0 aliphatic carbocycles. The van der Waals surface area contributed by atoms with Gasteiger partial charge in [0.25, 0.3) is 5.91 Å². The van der Waals surface area contributed by atoms with Crippen molar-refractivity contribution < 1.29 is 14.3 Å². The van der Waals surface area contributed by atoms with Gasteiger partial charge in [0.1, 0.15) is 5.75 Å². The van der Waals surface area contributed by atoms with Crippen molar-refractivity contribution in [3.05, 3.63) is 64.7 Å². The molecule has 1 amide bonds. The summed E-state index contributed by atoms with van der Waals surface area (Å²) in [6.07, 6.45) is 1.49. The molecule has 112 valence electrons. The van der Waals surface area contributed by atoms with Crippen LogP contribution in [0, 0.1) is 0 Å². The Kier molecular flexibility index (Phi) is 5.27. The summed E-state index contributed by atoms with van der Waals surface area (Å²) in [5.41, 5.74) is 3.64. The molecule has 0 spiro atoms. The Balaban J connectivity index is 1.93. The van der Waals surface area contributed by atoms with Gasteiger partial charge in [-0.3, -0.25) is 9.59 Å². The standard InChI is InChI=1S/C16H13ClN2O3/c1-11(20)22-15-8-2-12(3-9-15)10-18-19-16(21)13-4-6-14(17)7-5-13/h2-10H,1H3,(H,19,21)/b18-10-. The maximum Gasteiger partial charge on any atom is 0.308 e. The lowest BCUT2D eigenvalue weighted by atomic mass is 10.2. The van der Waals surface area contributed by atoms with Gasteiger partial charge in [-0.25, -0.2) is 5.43 Å². The smallest absolute Gasteiger partial charge is 0.308 e. The number of hydrogen-bond acceptors (Lipinski definition) is 4. The molecule has 0 heterocycles. The van der Waals surface area contributed by atoms with Crippen LogP contribution < -0.4 is 10.2 Å². The SMILES string of the molecule is CC(=O)Oc1ccc(/C=N\NC(=O)c2ccc(Cl)cc2)cc1. The minimum Gasteiger partial charge on any atom is -0.427 e. The Hall–Kier alpha value is -2.66. The molecule has 2 rings (SSSR count). The van der Waals surface area contributed by atoms with E-state index in [4.69, 9.17) is 16.3 Å². The van der Waals surface area contributed by atoms with Crippen molar-refractivity contribution in [2.75, 3.05) is 0 Å². The first-order valence-electron chi connectivity index (χ1n) is 6.42. The van der Waals surface area contributed by atoms with Crippen LogP contribution in [-0.4, -0.2) is 18.1 Å². The first kappa shape index (κ1) is 15.7. The fourth-order valence-corrected chi connectivity index (χ4v) is 1.75. The lowest BCUT2D eigenvalue weighted by molar-refractivity contribution is -0.131. The molecule has 0 atom stereocenters. The largest absolute Gasteiger partial charge is 0.427 e. The number of ether oxygens (including phenoxy) is 1. The van der Waals surface area contributed by atoms with Crippen LogP contribution >= 0.6 is 11.6 Å². The summed E-state index contributed by atoms with van der Waals surface area (Å²) in [6, 6.07) is 13.2. The first-order chi connectivity index (χ1) is 10.5. The van der Waals surface area contributed by atoms with Gasteiger partial charge in [0.2, 0.25) is 0 Å². The number of amides is 1. The van der Waals surface area contributed by atoms with Crippen molar-refractivity contribution in [1.82, 2.24) is 5.43 Å². The highest BCUT2D eigenvalue weighted by molar-refractivity contribution is 6.30. The third-order valence-electron chi connectivity index (χ3n) is 2.63. The summed E-state index contributed by atoms with van der Waals surface area (Å²) in [4.78, 5) is 22.6. The summed E-state index contributed by atoms with van der Waals surface area (Å²) in [6.45, 7) is 1.33.